The first kappa shape index (κ1) is 15.9. The Bertz CT molecular complexity index is 470. The summed E-state index contributed by atoms with van der Waals surface area (Å²) in [6, 6.07) is 7.32. The molecule has 0 spiro atoms. The van der Waals surface area contributed by atoms with Crippen LogP contribution in [0.5, 0.6) is 0 Å². The van der Waals surface area contributed by atoms with Crippen molar-refractivity contribution in [3.8, 4) is 0 Å². The van der Waals surface area contributed by atoms with Gasteiger partial charge in [-0.2, -0.15) is 0 Å². The van der Waals surface area contributed by atoms with Crippen molar-refractivity contribution in [2.24, 2.45) is 5.92 Å². The minimum absolute atomic E-state index is 0.165. The van der Waals surface area contributed by atoms with E-state index >= 15 is 0 Å². The summed E-state index contributed by atoms with van der Waals surface area (Å²) in [4.78, 5) is 12.9. The number of nitrogens with one attached hydrogen (secondary N) is 1. The van der Waals surface area contributed by atoms with E-state index in [0.717, 1.165) is 12.1 Å². The minimum Gasteiger partial charge on any atom is -0.310 e. The fraction of sp³-hybridized carbons (Fsp3) is 0.625. The van der Waals surface area contributed by atoms with Crippen molar-refractivity contribution in [2.45, 2.75) is 39.3 Å². The Kier molecular flexibility index (Phi) is 5.70. The monoisotopic (exact) mass is 291 g/mol. The Hall–Kier alpha value is -1.46. The van der Waals surface area contributed by atoms with Crippen LogP contribution in [0.25, 0.3) is 0 Å². The molecule has 1 aromatic carbocycles. The molecule has 1 heterocycles. The molecule has 1 aromatic rings. The molecule has 1 N–H and O–H groups in total. The van der Waals surface area contributed by atoms with E-state index < -0.39 is 0 Å². The second-order valence-electron chi connectivity index (χ2n) is 5.87. The SMILES string of the molecule is CCN1CCC(C(C)NCc2cccc([N+](=O)[O-])c2)CC1. The number of hydrogen-bond acceptors (Lipinski definition) is 4. The van der Waals surface area contributed by atoms with Crippen LogP contribution in [0.1, 0.15) is 32.3 Å². The van der Waals surface area contributed by atoms with Gasteiger partial charge in [0.25, 0.3) is 5.69 Å². The van der Waals surface area contributed by atoms with Crippen LogP contribution in [0.4, 0.5) is 5.69 Å². The number of nitro benzene ring substituents is 1. The summed E-state index contributed by atoms with van der Waals surface area (Å²) in [5.41, 5.74) is 1.14. The molecule has 1 atom stereocenters. The molecule has 1 aliphatic rings. The average Bonchev–Trinajstić information content (AvgIpc) is 2.53. The highest BCUT2D eigenvalue weighted by atomic mass is 16.6. The van der Waals surface area contributed by atoms with E-state index in [2.05, 4.69) is 24.1 Å². The van der Waals surface area contributed by atoms with Gasteiger partial charge in [-0.05, 0) is 50.9 Å². The van der Waals surface area contributed by atoms with Gasteiger partial charge in [-0.1, -0.05) is 19.1 Å². The van der Waals surface area contributed by atoms with Crippen LogP contribution in [-0.2, 0) is 6.54 Å². The van der Waals surface area contributed by atoms with Crippen molar-refractivity contribution in [3.05, 3.63) is 39.9 Å². The quantitative estimate of drug-likeness (QED) is 0.647. The zero-order valence-electron chi connectivity index (χ0n) is 12.9. The van der Waals surface area contributed by atoms with E-state index in [4.69, 9.17) is 0 Å². The van der Waals surface area contributed by atoms with Crippen molar-refractivity contribution in [1.29, 1.82) is 0 Å². The maximum Gasteiger partial charge on any atom is 0.269 e. The van der Waals surface area contributed by atoms with Crippen LogP contribution in [0, 0.1) is 16.0 Å². The van der Waals surface area contributed by atoms with Crippen LogP contribution < -0.4 is 5.32 Å². The van der Waals surface area contributed by atoms with Gasteiger partial charge in [0.15, 0.2) is 0 Å². The van der Waals surface area contributed by atoms with E-state index in [1.165, 1.54) is 32.0 Å². The molecule has 0 bridgehead atoms. The first-order chi connectivity index (χ1) is 10.1. The highest BCUT2D eigenvalue weighted by molar-refractivity contribution is 5.34. The van der Waals surface area contributed by atoms with Crippen molar-refractivity contribution in [2.75, 3.05) is 19.6 Å². The molecule has 21 heavy (non-hydrogen) atoms. The number of nitrogens with zero attached hydrogens (tertiary/aromatic N) is 2. The fourth-order valence-electron chi connectivity index (χ4n) is 2.99. The molecule has 1 unspecified atom stereocenters. The minimum atomic E-state index is -0.340. The van der Waals surface area contributed by atoms with E-state index in [0.29, 0.717) is 18.5 Å². The molecule has 0 saturated carbocycles. The van der Waals surface area contributed by atoms with Gasteiger partial charge in [0.2, 0.25) is 0 Å². The number of nitro groups is 1. The van der Waals surface area contributed by atoms with Gasteiger partial charge in [0.1, 0.15) is 0 Å². The summed E-state index contributed by atoms with van der Waals surface area (Å²) in [6.07, 6.45) is 2.47. The van der Waals surface area contributed by atoms with E-state index in [1.54, 1.807) is 12.1 Å². The van der Waals surface area contributed by atoms with Crippen molar-refractivity contribution in [1.82, 2.24) is 10.2 Å². The number of piperidine rings is 1. The van der Waals surface area contributed by atoms with Crippen molar-refractivity contribution in [3.63, 3.8) is 0 Å². The van der Waals surface area contributed by atoms with Crippen LogP contribution in [0.15, 0.2) is 24.3 Å². The Morgan fingerprint density at radius 3 is 2.76 bits per heavy atom. The van der Waals surface area contributed by atoms with Crippen molar-refractivity contribution >= 4 is 5.69 Å². The molecule has 0 amide bonds. The van der Waals surface area contributed by atoms with Gasteiger partial charge >= 0.3 is 0 Å². The Labute approximate surface area is 126 Å². The van der Waals surface area contributed by atoms with Crippen LogP contribution in [-0.4, -0.2) is 35.5 Å². The van der Waals surface area contributed by atoms with Crippen LogP contribution in [0.2, 0.25) is 0 Å². The van der Waals surface area contributed by atoms with E-state index in [1.807, 2.05) is 6.07 Å². The second-order valence-corrected chi connectivity index (χ2v) is 5.87. The van der Waals surface area contributed by atoms with Gasteiger partial charge < -0.3 is 10.2 Å². The summed E-state index contributed by atoms with van der Waals surface area (Å²) in [6.45, 7) is 8.64. The predicted octanol–water partition coefficient (Wildman–Crippen LogP) is 2.80. The van der Waals surface area contributed by atoms with E-state index in [9.17, 15) is 10.1 Å². The molecule has 2 rings (SSSR count). The molecule has 116 valence electrons. The molecular weight excluding hydrogens is 266 g/mol. The number of non-ortho nitro benzene ring substituents is 1. The Balaban J connectivity index is 1.82. The Morgan fingerprint density at radius 2 is 2.14 bits per heavy atom. The summed E-state index contributed by atoms with van der Waals surface area (Å²) in [5.74, 6) is 0.700. The summed E-state index contributed by atoms with van der Waals surface area (Å²) in [7, 11) is 0. The molecule has 0 aromatic heterocycles. The summed E-state index contributed by atoms with van der Waals surface area (Å²) in [5, 5.41) is 14.3. The summed E-state index contributed by atoms with van der Waals surface area (Å²) < 4.78 is 0. The smallest absolute Gasteiger partial charge is 0.269 e. The van der Waals surface area contributed by atoms with Gasteiger partial charge in [0, 0.05) is 24.7 Å². The highest BCUT2D eigenvalue weighted by Crippen LogP contribution is 2.21. The summed E-state index contributed by atoms with van der Waals surface area (Å²) >= 11 is 0. The molecule has 1 fully saturated rings. The zero-order chi connectivity index (χ0) is 15.2. The standard InChI is InChI=1S/C16H25N3O2/c1-3-18-9-7-15(8-10-18)13(2)17-12-14-5-4-6-16(11-14)19(20)21/h4-6,11,13,15,17H,3,7-10,12H2,1-2H3. The maximum absolute atomic E-state index is 10.8. The third kappa shape index (κ3) is 4.51. The lowest BCUT2D eigenvalue weighted by Gasteiger charge is -2.34. The van der Waals surface area contributed by atoms with Gasteiger partial charge in [-0.25, -0.2) is 0 Å². The average molecular weight is 291 g/mol. The molecule has 0 radical (unpaired) electrons. The Morgan fingerprint density at radius 1 is 1.43 bits per heavy atom. The third-order valence-corrected chi connectivity index (χ3v) is 4.54. The molecule has 0 aliphatic carbocycles. The first-order valence-electron chi connectivity index (χ1n) is 7.79. The lowest BCUT2D eigenvalue weighted by molar-refractivity contribution is -0.384. The lowest BCUT2D eigenvalue weighted by atomic mass is 9.90. The largest absolute Gasteiger partial charge is 0.310 e. The van der Waals surface area contributed by atoms with Gasteiger partial charge in [-0.15, -0.1) is 0 Å². The molecule has 1 saturated heterocycles. The van der Waals surface area contributed by atoms with Gasteiger partial charge in [-0.3, -0.25) is 10.1 Å². The highest BCUT2D eigenvalue weighted by Gasteiger charge is 2.22. The third-order valence-electron chi connectivity index (χ3n) is 4.54. The number of likely N-dealkylation sites (tertiary alicyclic amines) is 1. The van der Waals surface area contributed by atoms with Crippen LogP contribution in [0.3, 0.4) is 0 Å². The molecular formula is C16H25N3O2. The van der Waals surface area contributed by atoms with E-state index in [-0.39, 0.29) is 10.6 Å². The zero-order valence-corrected chi connectivity index (χ0v) is 12.9. The fourth-order valence-corrected chi connectivity index (χ4v) is 2.99. The lowest BCUT2D eigenvalue weighted by Crippen LogP contribution is -2.41. The number of benzene rings is 1. The number of hydrogen-bond donors (Lipinski definition) is 1. The van der Waals surface area contributed by atoms with Crippen molar-refractivity contribution < 1.29 is 4.92 Å². The predicted molar refractivity (Wildman–Crippen MR) is 84.2 cm³/mol. The molecule has 5 heteroatoms. The number of rotatable bonds is 6. The van der Waals surface area contributed by atoms with Crippen LogP contribution >= 0.6 is 0 Å². The second kappa shape index (κ2) is 7.52. The normalized spacial score (nSPS) is 18.6. The first-order valence-corrected chi connectivity index (χ1v) is 7.79. The molecule has 1 aliphatic heterocycles. The topological polar surface area (TPSA) is 58.4 Å². The van der Waals surface area contributed by atoms with Gasteiger partial charge in [0.05, 0.1) is 4.92 Å². The molecule has 5 nitrogen and oxygen atoms in total. The maximum atomic E-state index is 10.8.